The molecule has 0 atom stereocenters. The van der Waals surface area contributed by atoms with E-state index in [-0.39, 0.29) is 0 Å². The number of benzene rings is 1. The number of nitrogens with two attached hydrogens (primary N) is 2. The summed E-state index contributed by atoms with van der Waals surface area (Å²) in [5.41, 5.74) is 13.1. The van der Waals surface area contributed by atoms with Gasteiger partial charge in [-0.1, -0.05) is 0 Å². The highest BCUT2D eigenvalue weighted by Gasteiger charge is 1.96. The van der Waals surface area contributed by atoms with Crippen molar-refractivity contribution in [2.24, 2.45) is 5.73 Å². The summed E-state index contributed by atoms with van der Waals surface area (Å²) in [5, 5.41) is 0. The maximum atomic E-state index is 5.68. The van der Waals surface area contributed by atoms with Gasteiger partial charge in [0.2, 0.25) is 0 Å². The second-order valence-corrected chi connectivity index (χ2v) is 3.82. The van der Waals surface area contributed by atoms with Crippen molar-refractivity contribution in [3.63, 3.8) is 0 Å². The van der Waals surface area contributed by atoms with E-state index >= 15 is 0 Å². The molecule has 0 bridgehead atoms. The molecule has 1 rings (SSSR count). The first kappa shape index (κ1) is 9.42. The number of nitrogen functional groups attached to an aromatic ring is 1. The van der Waals surface area contributed by atoms with Crippen LogP contribution in [0.25, 0.3) is 0 Å². The summed E-state index contributed by atoms with van der Waals surface area (Å²) < 4.78 is 0. The summed E-state index contributed by atoms with van der Waals surface area (Å²) >= 11 is 1.76. The zero-order chi connectivity index (χ0) is 8.97. The number of rotatable bonds is 3. The van der Waals surface area contributed by atoms with Gasteiger partial charge in [-0.05, 0) is 30.7 Å². The van der Waals surface area contributed by atoms with Gasteiger partial charge in [-0.25, -0.2) is 0 Å². The maximum absolute atomic E-state index is 5.68. The lowest BCUT2D eigenvalue weighted by Crippen LogP contribution is -2.00. The van der Waals surface area contributed by atoms with Crippen molar-refractivity contribution in [1.82, 2.24) is 0 Å². The Bertz CT molecular complexity index is 261. The van der Waals surface area contributed by atoms with Crippen LogP contribution >= 0.6 is 11.8 Å². The van der Waals surface area contributed by atoms with E-state index < -0.39 is 0 Å². The van der Waals surface area contributed by atoms with Crippen LogP contribution in [0.2, 0.25) is 0 Å². The Kier molecular flexibility index (Phi) is 3.44. The van der Waals surface area contributed by atoms with Crippen molar-refractivity contribution in [1.29, 1.82) is 0 Å². The van der Waals surface area contributed by atoms with Gasteiger partial charge in [0.15, 0.2) is 0 Å². The predicted octanol–water partition coefficient (Wildman–Crippen LogP) is 1.63. The van der Waals surface area contributed by atoms with Crippen LogP contribution in [0.4, 0.5) is 5.69 Å². The lowest BCUT2D eigenvalue weighted by Gasteiger charge is -2.03. The summed E-state index contributed by atoms with van der Waals surface area (Å²) in [6, 6.07) is 6.06. The van der Waals surface area contributed by atoms with E-state index in [2.05, 4.69) is 6.07 Å². The van der Waals surface area contributed by atoms with Crippen molar-refractivity contribution in [3.8, 4) is 0 Å². The summed E-state index contributed by atoms with van der Waals surface area (Å²) in [7, 11) is 0. The molecule has 0 unspecified atom stereocenters. The molecule has 0 amide bonds. The largest absolute Gasteiger partial charge is 0.399 e. The van der Waals surface area contributed by atoms with Crippen molar-refractivity contribution in [2.45, 2.75) is 11.8 Å². The molecular weight excluding hydrogens is 168 g/mol. The molecule has 12 heavy (non-hydrogen) atoms. The van der Waals surface area contributed by atoms with Gasteiger partial charge in [0.05, 0.1) is 0 Å². The van der Waals surface area contributed by atoms with Crippen LogP contribution in [-0.2, 0) is 0 Å². The summed E-state index contributed by atoms with van der Waals surface area (Å²) in [5.74, 6) is 0.962. The van der Waals surface area contributed by atoms with Gasteiger partial charge in [0.1, 0.15) is 0 Å². The fourth-order valence-corrected chi connectivity index (χ4v) is 1.69. The molecule has 0 heterocycles. The normalized spacial score (nSPS) is 10.2. The molecule has 1 aromatic rings. The van der Waals surface area contributed by atoms with E-state index in [1.54, 1.807) is 11.8 Å². The molecule has 0 saturated carbocycles. The van der Waals surface area contributed by atoms with Crippen LogP contribution in [0.5, 0.6) is 0 Å². The minimum absolute atomic E-state index is 0.716. The first-order valence-corrected chi connectivity index (χ1v) is 4.91. The minimum Gasteiger partial charge on any atom is -0.399 e. The van der Waals surface area contributed by atoms with Crippen LogP contribution < -0.4 is 11.5 Å². The molecule has 2 nitrogen and oxygen atoms in total. The summed E-state index contributed by atoms with van der Waals surface area (Å²) in [4.78, 5) is 1.24. The first-order valence-electron chi connectivity index (χ1n) is 3.93. The molecule has 0 aromatic heterocycles. The molecule has 0 spiro atoms. The Morgan fingerprint density at radius 2 is 2.17 bits per heavy atom. The van der Waals surface area contributed by atoms with Gasteiger partial charge in [-0.15, -0.1) is 11.8 Å². The van der Waals surface area contributed by atoms with Gasteiger partial charge in [0, 0.05) is 22.9 Å². The van der Waals surface area contributed by atoms with E-state index in [4.69, 9.17) is 11.5 Å². The van der Waals surface area contributed by atoms with E-state index in [0.717, 1.165) is 17.0 Å². The lowest BCUT2D eigenvalue weighted by molar-refractivity contribution is 1.15. The number of anilines is 1. The topological polar surface area (TPSA) is 52.0 Å². The SMILES string of the molecule is Cc1cc(SCCN)ccc1N. The van der Waals surface area contributed by atoms with Crippen LogP contribution in [-0.4, -0.2) is 12.3 Å². The molecule has 0 saturated heterocycles. The number of hydrogen-bond acceptors (Lipinski definition) is 3. The number of thioether (sulfide) groups is 1. The van der Waals surface area contributed by atoms with Gasteiger partial charge in [0.25, 0.3) is 0 Å². The van der Waals surface area contributed by atoms with Crippen molar-refractivity contribution >= 4 is 17.4 Å². The second kappa shape index (κ2) is 4.38. The van der Waals surface area contributed by atoms with Crippen LogP contribution in [0.15, 0.2) is 23.1 Å². The predicted molar refractivity (Wildman–Crippen MR) is 55.4 cm³/mol. The first-order chi connectivity index (χ1) is 5.74. The molecule has 0 aliphatic carbocycles. The standard InChI is InChI=1S/C9H14N2S/c1-7-6-8(12-5-4-10)2-3-9(7)11/h2-3,6H,4-5,10-11H2,1H3. The molecule has 0 fully saturated rings. The van der Waals surface area contributed by atoms with Gasteiger partial charge < -0.3 is 11.5 Å². The van der Waals surface area contributed by atoms with Crippen molar-refractivity contribution < 1.29 is 0 Å². The molecule has 1 aromatic carbocycles. The third-order valence-electron chi connectivity index (χ3n) is 1.63. The molecular formula is C9H14N2S. The molecule has 0 radical (unpaired) electrons. The van der Waals surface area contributed by atoms with E-state index in [0.29, 0.717) is 6.54 Å². The Morgan fingerprint density at radius 3 is 2.75 bits per heavy atom. The average Bonchev–Trinajstić information content (AvgIpc) is 2.07. The molecule has 0 aliphatic rings. The third kappa shape index (κ3) is 2.43. The second-order valence-electron chi connectivity index (χ2n) is 2.66. The van der Waals surface area contributed by atoms with E-state index in [1.165, 1.54) is 4.90 Å². The lowest BCUT2D eigenvalue weighted by atomic mass is 10.2. The number of aryl methyl sites for hydroxylation is 1. The quantitative estimate of drug-likeness (QED) is 0.552. The van der Waals surface area contributed by atoms with E-state index in [9.17, 15) is 0 Å². The van der Waals surface area contributed by atoms with E-state index in [1.807, 2.05) is 19.1 Å². The summed E-state index contributed by atoms with van der Waals surface area (Å²) in [6.45, 7) is 2.73. The molecule has 3 heteroatoms. The summed E-state index contributed by atoms with van der Waals surface area (Å²) in [6.07, 6.45) is 0. The highest BCUT2D eigenvalue weighted by molar-refractivity contribution is 7.99. The molecule has 0 aliphatic heterocycles. The van der Waals surface area contributed by atoms with Crippen molar-refractivity contribution in [2.75, 3.05) is 18.0 Å². The van der Waals surface area contributed by atoms with Crippen LogP contribution in [0.1, 0.15) is 5.56 Å². The van der Waals surface area contributed by atoms with Crippen LogP contribution in [0.3, 0.4) is 0 Å². The molecule has 66 valence electrons. The zero-order valence-corrected chi connectivity index (χ0v) is 8.03. The Balaban J connectivity index is 2.69. The minimum atomic E-state index is 0.716. The van der Waals surface area contributed by atoms with Gasteiger partial charge in [-0.3, -0.25) is 0 Å². The van der Waals surface area contributed by atoms with Gasteiger partial charge >= 0.3 is 0 Å². The fraction of sp³-hybridized carbons (Fsp3) is 0.333. The highest BCUT2D eigenvalue weighted by atomic mass is 32.2. The zero-order valence-electron chi connectivity index (χ0n) is 7.21. The Hall–Kier alpha value is -0.670. The number of hydrogen-bond donors (Lipinski definition) is 2. The highest BCUT2D eigenvalue weighted by Crippen LogP contribution is 2.21. The third-order valence-corrected chi connectivity index (χ3v) is 2.65. The Morgan fingerprint density at radius 1 is 1.42 bits per heavy atom. The maximum Gasteiger partial charge on any atom is 0.0344 e. The molecule has 4 N–H and O–H groups in total. The fourth-order valence-electron chi connectivity index (χ4n) is 0.915. The Labute approximate surface area is 77.3 Å². The van der Waals surface area contributed by atoms with Crippen molar-refractivity contribution in [3.05, 3.63) is 23.8 Å². The van der Waals surface area contributed by atoms with Crippen LogP contribution in [0, 0.1) is 6.92 Å². The average molecular weight is 182 g/mol. The monoisotopic (exact) mass is 182 g/mol. The smallest absolute Gasteiger partial charge is 0.0344 e. The van der Waals surface area contributed by atoms with Gasteiger partial charge in [-0.2, -0.15) is 0 Å².